The highest BCUT2D eigenvalue weighted by Gasteiger charge is 2.25. The van der Waals surface area contributed by atoms with Crippen LogP contribution >= 0.6 is 0 Å². The van der Waals surface area contributed by atoms with E-state index in [0.717, 1.165) is 55.0 Å². The molecule has 0 spiro atoms. The van der Waals surface area contributed by atoms with E-state index in [1.54, 1.807) is 19.9 Å². The lowest BCUT2D eigenvalue weighted by molar-refractivity contribution is 0.241. The Bertz CT molecular complexity index is 3740. The summed E-state index contributed by atoms with van der Waals surface area (Å²) in [6.07, 6.45) is 6.15. The Morgan fingerprint density at radius 2 is 1.14 bits per heavy atom. The number of aromatic nitrogens is 9. The number of imidazole rings is 2. The van der Waals surface area contributed by atoms with Crippen LogP contribution in [0.2, 0.25) is 0 Å². The number of fused-ring (bicyclic) bond motifs is 4. The van der Waals surface area contributed by atoms with Crippen molar-refractivity contribution in [1.82, 2.24) is 49.8 Å². The molecule has 0 aliphatic carbocycles. The molecule has 0 unspecified atom stereocenters. The minimum absolute atomic E-state index is 0.296. The van der Waals surface area contributed by atoms with E-state index in [9.17, 15) is 8.78 Å². The molecule has 0 saturated heterocycles. The summed E-state index contributed by atoms with van der Waals surface area (Å²) in [7, 11) is 0. The minimum Gasteiger partial charge on any atom is -0.348 e. The quantitative estimate of drug-likeness (QED) is 0.117. The first-order chi connectivity index (χ1) is 35.0. The van der Waals surface area contributed by atoms with Gasteiger partial charge in [-0.05, 0) is 125 Å². The van der Waals surface area contributed by atoms with Gasteiger partial charge in [0.15, 0.2) is 11.6 Å². The smallest absolute Gasteiger partial charge is 0.182 e. The summed E-state index contributed by atoms with van der Waals surface area (Å²) >= 11 is 0. The molecule has 9 aromatic rings. The lowest BCUT2D eigenvalue weighted by Crippen LogP contribution is -2.30. The summed E-state index contributed by atoms with van der Waals surface area (Å²) in [5.41, 5.74) is 13.5. The third-order valence-electron chi connectivity index (χ3n) is 13.6. The van der Waals surface area contributed by atoms with Gasteiger partial charge in [-0.2, -0.15) is 10.2 Å². The first-order valence-corrected chi connectivity index (χ1v) is 24.2. The third kappa shape index (κ3) is 8.94. The predicted molar refractivity (Wildman–Crippen MR) is 274 cm³/mol. The molecule has 72 heavy (non-hydrogen) atoms. The van der Waals surface area contributed by atoms with Gasteiger partial charge in [0.25, 0.3) is 0 Å². The van der Waals surface area contributed by atoms with E-state index in [4.69, 9.17) is 4.98 Å². The molecule has 0 fully saturated rings. The second-order valence-corrected chi connectivity index (χ2v) is 18.5. The molecule has 6 aromatic carbocycles. The number of H-pyrrole nitrogens is 3. The maximum Gasteiger partial charge on any atom is 0.182 e. The van der Waals surface area contributed by atoms with Crippen LogP contribution in [0.4, 0.5) is 17.6 Å². The van der Waals surface area contributed by atoms with Crippen molar-refractivity contribution in [2.24, 2.45) is 0 Å². The Morgan fingerprint density at radius 3 is 1.74 bits per heavy atom. The van der Waals surface area contributed by atoms with Crippen molar-refractivity contribution in [2.75, 3.05) is 6.54 Å². The molecule has 3 aromatic heterocycles. The number of rotatable bonds is 10. The molecule has 0 radical (unpaired) electrons. The van der Waals surface area contributed by atoms with E-state index in [2.05, 4.69) is 76.6 Å². The number of nitrogens with one attached hydrogen (secondary N) is 3. The number of aryl methyl sites for hydroxylation is 4. The fraction of sp³-hybridized carbons (Fsp3) is 0.190. The Balaban J connectivity index is 0.000000156. The van der Waals surface area contributed by atoms with Gasteiger partial charge in [-0.1, -0.05) is 86.6 Å². The molecule has 6 heterocycles. The van der Waals surface area contributed by atoms with Crippen molar-refractivity contribution in [3.05, 3.63) is 196 Å². The highest BCUT2D eigenvalue weighted by molar-refractivity contribution is 5.96. The summed E-state index contributed by atoms with van der Waals surface area (Å²) in [6, 6.07) is 35.6. The first kappa shape index (κ1) is 46.2. The van der Waals surface area contributed by atoms with Crippen LogP contribution in [-0.4, -0.2) is 56.3 Å². The largest absolute Gasteiger partial charge is 0.348 e. The minimum atomic E-state index is -0.456. The Hall–Kier alpha value is -8.23. The zero-order valence-corrected chi connectivity index (χ0v) is 40.2. The Morgan fingerprint density at radius 1 is 0.583 bits per heavy atom. The second-order valence-electron chi connectivity index (χ2n) is 18.5. The standard InChI is InChI=1S/C29H27F2N5.C29H23F2N5/c2*1-3-19-11-17(2)22(30)14-21(19)20-12-23(31)27-25(13-20)34-35-28(27)29-32-24-9-10-36(16-26(24)33-29)15-18-7-5-4-6-8-18/h4-8,11-14H,3,9-10,15-16H2,1-2H3,(H,32,33)(H,34,35);4-14,16H,3,15H2,1-2H3,(H,34,35). The molecule has 3 aliphatic rings. The number of halogens is 4. The van der Waals surface area contributed by atoms with Gasteiger partial charge in [0, 0.05) is 45.0 Å². The summed E-state index contributed by atoms with van der Waals surface area (Å²) in [5, 5.41) is 15.4. The van der Waals surface area contributed by atoms with E-state index in [1.807, 2.05) is 79.3 Å². The molecule has 0 saturated carbocycles. The molecule has 0 amide bonds. The van der Waals surface area contributed by atoms with Gasteiger partial charge in [0.2, 0.25) is 0 Å². The summed E-state index contributed by atoms with van der Waals surface area (Å²) in [6.45, 7) is 10.7. The van der Waals surface area contributed by atoms with Crippen molar-refractivity contribution in [2.45, 2.75) is 66.6 Å². The number of hydrogen-bond acceptors (Lipinski definition) is 6. The molecular formula is C58H50F4N10. The van der Waals surface area contributed by atoms with Gasteiger partial charge in [-0.3, -0.25) is 15.1 Å². The van der Waals surface area contributed by atoms with Crippen molar-refractivity contribution in [3.63, 3.8) is 0 Å². The highest BCUT2D eigenvalue weighted by atomic mass is 19.1. The van der Waals surface area contributed by atoms with Crippen molar-refractivity contribution >= 4 is 21.8 Å². The van der Waals surface area contributed by atoms with Gasteiger partial charge in [-0.25, -0.2) is 32.5 Å². The number of pyridine rings is 1. The van der Waals surface area contributed by atoms with Crippen LogP contribution < -0.4 is 0 Å². The molecule has 0 atom stereocenters. The maximum absolute atomic E-state index is 15.5. The number of benzene rings is 6. The van der Waals surface area contributed by atoms with Crippen LogP contribution in [0.5, 0.6) is 0 Å². The van der Waals surface area contributed by atoms with Gasteiger partial charge in [0.05, 0.1) is 38.9 Å². The summed E-state index contributed by atoms with van der Waals surface area (Å²) < 4.78 is 61.7. The van der Waals surface area contributed by atoms with Crippen LogP contribution in [0.3, 0.4) is 0 Å². The van der Waals surface area contributed by atoms with Crippen molar-refractivity contribution in [3.8, 4) is 56.7 Å². The van der Waals surface area contributed by atoms with Crippen LogP contribution in [-0.2, 0) is 38.9 Å². The van der Waals surface area contributed by atoms with Crippen LogP contribution in [0.1, 0.15) is 58.6 Å². The molecule has 3 aliphatic heterocycles. The molecular weight excluding hydrogens is 913 g/mol. The van der Waals surface area contributed by atoms with Gasteiger partial charge < -0.3 is 9.55 Å². The van der Waals surface area contributed by atoms with E-state index in [-0.39, 0.29) is 11.6 Å². The highest BCUT2D eigenvalue weighted by Crippen LogP contribution is 2.37. The lowest BCUT2D eigenvalue weighted by atomic mass is 9.95. The van der Waals surface area contributed by atoms with E-state index in [1.165, 1.54) is 35.4 Å². The Labute approximate surface area is 413 Å². The fourth-order valence-corrected chi connectivity index (χ4v) is 9.85. The Kier molecular flexibility index (Phi) is 12.3. The van der Waals surface area contributed by atoms with Gasteiger partial charge in [0.1, 0.15) is 40.4 Å². The molecule has 12 rings (SSSR count). The lowest BCUT2D eigenvalue weighted by Gasteiger charge is -2.25. The molecule has 3 N–H and O–H groups in total. The zero-order valence-electron chi connectivity index (χ0n) is 40.2. The topological polar surface area (TPSA) is 120 Å². The number of hydrogen-bond donors (Lipinski definition) is 3. The van der Waals surface area contributed by atoms with Gasteiger partial charge in [-0.15, -0.1) is 0 Å². The number of aromatic amines is 3. The van der Waals surface area contributed by atoms with Crippen molar-refractivity contribution < 1.29 is 17.6 Å². The SMILES string of the molecule is CCc1cc(C)c(F)cc1-c1cc(F)c2c(-c3nc4c([nH]3)CN(Cc3ccccc3)CC4)n[nH]c2c1.CCc1cc(C)c(F)cc1-c1cc(F)c2c(-c3nc4ccn(Cc5ccccc5)cc-4n3)n[nH]c2c1. The van der Waals surface area contributed by atoms with Crippen LogP contribution in [0, 0.1) is 37.1 Å². The maximum atomic E-state index is 15.5. The normalized spacial score (nSPS) is 12.7. The predicted octanol–water partition coefficient (Wildman–Crippen LogP) is 13.1. The molecule has 360 valence electrons. The summed E-state index contributed by atoms with van der Waals surface area (Å²) in [5.74, 6) is -0.549. The monoisotopic (exact) mass is 962 g/mol. The second kappa shape index (κ2) is 19.2. The van der Waals surface area contributed by atoms with Crippen molar-refractivity contribution in [1.29, 1.82) is 0 Å². The average Bonchev–Trinajstić information content (AvgIpc) is 4.21. The third-order valence-corrected chi connectivity index (χ3v) is 13.6. The fourth-order valence-electron chi connectivity index (χ4n) is 9.85. The molecule has 14 heteroatoms. The number of nitrogens with zero attached hydrogens (tertiary/aromatic N) is 7. The first-order valence-electron chi connectivity index (χ1n) is 24.2. The van der Waals surface area contributed by atoms with Crippen LogP contribution in [0.15, 0.2) is 128 Å². The summed E-state index contributed by atoms with van der Waals surface area (Å²) in [4.78, 5) is 19.8. The average molecular weight is 963 g/mol. The van der Waals surface area contributed by atoms with Crippen LogP contribution in [0.25, 0.3) is 78.5 Å². The van der Waals surface area contributed by atoms with E-state index in [0.29, 0.717) is 103 Å². The van der Waals surface area contributed by atoms with Gasteiger partial charge >= 0.3 is 0 Å². The molecule has 10 nitrogen and oxygen atoms in total. The molecule has 0 bridgehead atoms. The zero-order chi connectivity index (χ0) is 49.6. The van der Waals surface area contributed by atoms with E-state index < -0.39 is 11.6 Å². The van der Waals surface area contributed by atoms with E-state index >= 15 is 8.78 Å².